The SMILES string of the molecule is COC(=O)c1cccc(N)c1.COC(=O)c1cccc(Nc2cc(Cl)ncn2)c1.COC(=O)c1cccc(Nc2cc(Nc3ccc(Oc4ccccc4)cc3)ncn2)c1.CON(C)C(=O)c1cccc(Nc2cc(Nc3ccc(Oc4ccccc4)cc3)ncn2)c1.Clc1cc(Cl)ncn1.O=C(O)c1cccc(Nc2cc(Nc3ccc(Oc4ccccc4)cc3)ncn2)c1. The second-order valence-electron chi connectivity index (χ2n) is 26.7. The summed E-state index contributed by atoms with van der Waals surface area (Å²) in [5, 5.41) is 33.5. The Balaban J connectivity index is 0.000000160. The monoisotopic (exact) mass is 1810 g/mol. The van der Waals surface area contributed by atoms with Crippen molar-refractivity contribution in [1.29, 1.82) is 0 Å². The van der Waals surface area contributed by atoms with E-state index in [2.05, 4.69) is 96.5 Å². The van der Waals surface area contributed by atoms with Crippen LogP contribution in [0.5, 0.6) is 34.5 Å². The molecule has 0 aliphatic heterocycles. The van der Waals surface area contributed by atoms with Crippen molar-refractivity contribution < 1.29 is 62.3 Å². The fourth-order valence-electron chi connectivity index (χ4n) is 11.1. The third kappa shape index (κ3) is 31.8. The van der Waals surface area contributed by atoms with Gasteiger partial charge in [-0.2, -0.15) is 0 Å². The van der Waals surface area contributed by atoms with Gasteiger partial charge in [0.05, 0.1) is 50.7 Å². The van der Waals surface area contributed by atoms with Gasteiger partial charge < -0.3 is 76.5 Å². The van der Waals surface area contributed by atoms with Crippen molar-refractivity contribution in [3.05, 3.63) is 390 Å². The minimum atomic E-state index is -0.983. The van der Waals surface area contributed by atoms with Crippen molar-refractivity contribution in [1.82, 2.24) is 54.9 Å². The van der Waals surface area contributed by atoms with Crippen LogP contribution in [-0.2, 0) is 19.0 Å². The number of aromatic nitrogens is 10. The van der Waals surface area contributed by atoms with Gasteiger partial charge in [-0.1, -0.05) is 120 Å². The summed E-state index contributed by atoms with van der Waals surface area (Å²) in [6, 6.07) is 94.0. The number of carbonyl (C=O) groups is 5. The first-order valence-electron chi connectivity index (χ1n) is 39.2. The zero-order chi connectivity index (χ0) is 92.5. The summed E-state index contributed by atoms with van der Waals surface area (Å²) in [7, 11) is 7.04. The summed E-state index contributed by atoms with van der Waals surface area (Å²) >= 11 is 16.6. The number of methoxy groups -OCH3 is 3. The molecule has 5 heterocycles. The Morgan fingerprint density at radius 2 is 0.542 bits per heavy atom. The van der Waals surface area contributed by atoms with E-state index in [4.69, 9.17) is 69.4 Å². The zero-order valence-electron chi connectivity index (χ0n) is 70.4. The first-order chi connectivity index (χ1) is 63.7. The summed E-state index contributed by atoms with van der Waals surface area (Å²) < 4.78 is 31.3. The number of hydrogen-bond acceptors (Lipinski definition) is 30. The van der Waals surface area contributed by atoms with Crippen LogP contribution in [0.15, 0.2) is 347 Å². The molecule has 0 radical (unpaired) electrons. The van der Waals surface area contributed by atoms with E-state index in [1.807, 2.05) is 182 Å². The summed E-state index contributed by atoms with van der Waals surface area (Å²) in [6.07, 6.45) is 7.02. The number of hydrogen-bond donors (Lipinski definition) is 9. The van der Waals surface area contributed by atoms with Crippen LogP contribution in [0.4, 0.5) is 86.2 Å². The van der Waals surface area contributed by atoms with E-state index in [-0.39, 0.29) is 23.4 Å². The van der Waals surface area contributed by atoms with Crippen molar-refractivity contribution in [2.75, 3.05) is 78.4 Å². The highest BCUT2D eigenvalue weighted by Gasteiger charge is 2.15. The van der Waals surface area contributed by atoms with Gasteiger partial charge in [-0.3, -0.25) is 9.63 Å². The average molecular weight is 1820 g/mol. The van der Waals surface area contributed by atoms with Crippen LogP contribution in [0.1, 0.15) is 51.8 Å². The largest absolute Gasteiger partial charge is 0.478 e. The van der Waals surface area contributed by atoms with E-state index >= 15 is 0 Å². The zero-order valence-corrected chi connectivity index (χ0v) is 72.7. The number of carboxylic acid groups (broad SMARTS) is 1. The van der Waals surface area contributed by atoms with Gasteiger partial charge in [-0.05, 0) is 200 Å². The summed E-state index contributed by atoms with van der Waals surface area (Å²) in [5.74, 6) is 6.28. The second-order valence-corrected chi connectivity index (χ2v) is 27.8. The van der Waals surface area contributed by atoms with E-state index in [9.17, 15) is 24.0 Å². The number of rotatable bonds is 26. The lowest BCUT2D eigenvalue weighted by Gasteiger charge is -2.14. The number of ether oxygens (including phenoxy) is 6. The fraction of sp³-hybridized carbons (Fsp3) is 0.0521. The predicted molar refractivity (Wildman–Crippen MR) is 504 cm³/mol. The minimum Gasteiger partial charge on any atom is -0.478 e. The Morgan fingerprint density at radius 3 is 0.840 bits per heavy atom. The number of para-hydroxylation sites is 3. The highest BCUT2D eigenvalue weighted by atomic mass is 35.5. The van der Waals surface area contributed by atoms with Gasteiger partial charge in [-0.25, -0.2) is 74.1 Å². The lowest BCUT2D eigenvalue weighted by molar-refractivity contribution is -0.0756. The molecule has 131 heavy (non-hydrogen) atoms. The van der Waals surface area contributed by atoms with Crippen molar-refractivity contribution in [2.24, 2.45) is 0 Å². The molecule has 0 atom stereocenters. The number of nitrogens with zero attached hydrogens (tertiary/aromatic N) is 11. The fourth-order valence-corrected chi connectivity index (χ4v) is 11.6. The number of esters is 3. The van der Waals surface area contributed by atoms with E-state index in [0.29, 0.717) is 95.5 Å². The third-order valence-corrected chi connectivity index (χ3v) is 17.9. The number of anilines is 15. The molecule has 660 valence electrons. The Bertz CT molecular complexity index is 6400. The first kappa shape index (κ1) is 94.5. The number of amides is 1. The molecule has 0 spiro atoms. The molecule has 0 saturated heterocycles. The number of carbonyl (C=O) groups excluding carboxylic acids is 4. The van der Waals surface area contributed by atoms with Crippen LogP contribution < -0.4 is 57.2 Å². The highest BCUT2D eigenvalue weighted by Crippen LogP contribution is 2.31. The van der Waals surface area contributed by atoms with E-state index < -0.39 is 11.9 Å². The second kappa shape index (κ2) is 49.5. The quantitative estimate of drug-likeness (QED) is 0.00799. The first-order valence-corrected chi connectivity index (χ1v) is 40.3. The molecule has 16 rings (SSSR count). The Kier molecular flexibility index (Phi) is 35.7. The van der Waals surface area contributed by atoms with Crippen molar-refractivity contribution in [2.45, 2.75) is 0 Å². The standard InChI is InChI=1S/C25H23N5O3.C24H20N4O3.C23H18N4O3.C12H10ClN3O2.C8H9NO2.C4H2Cl2N2/c1-30(32-2)25(31)18-7-6-8-20(15-18)29-24-16-23(26-17-27-24)28-19-11-13-22(14-12-19)33-21-9-4-3-5-10-21;1-30-24(29)17-6-5-7-19(14-17)28-23-15-22(25-16-26-23)27-18-10-12-21(13-11-18)31-20-8-3-2-4-9-20;28-23(29)16-5-4-6-18(13-16)27-22-14-21(24-15-25-22)26-17-9-11-20(12-10-17)30-19-7-2-1-3-8-19;1-18-12(17)8-3-2-4-9(5-8)16-11-6-10(13)14-7-15-11;1-11-8(10)6-3-2-4-7(9)5-6;5-3-1-4(6)8-2-7-3/h3-17H,1-2H3,(H2,26,27,28,29);2-16H,1H3,(H2,25,26,27,28);1-15H,(H,28,29)(H2,24,25,26,27);2-7H,1H3,(H,14,15,16);2-5H,9H2,1H3;1-2H. The predicted octanol–water partition coefficient (Wildman–Crippen LogP) is 21.9. The molecular formula is C96H82Cl3N19O13. The summed E-state index contributed by atoms with van der Waals surface area (Å²) in [4.78, 5) is 103. The van der Waals surface area contributed by atoms with Gasteiger partial charge in [0.15, 0.2) is 0 Å². The number of aromatic carboxylic acids is 1. The van der Waals surface area contributed by atoms with E-state index in [1.54, 1.807) is 128 Å². The Labute approximate surface area is 766 Å². The van der Waals surface area contributed by atoms with Gasteiger partial charge in [0.25, 0.3) is 5.91 Å². The number of carboxylic acids is 1. The molecular weight excluding hydrogens is 1730 g/mol. The van der Waals surface area contributed by atoms with Crippen LogP contribution in [0.2, 0.25) is 15.5 Å². The van der Waals surface area contributed by atoms with Crippen LogP contribution in [0, 0.1) is 0 Å². The number of hydroxylamine groups is 2. The average Bonchev–Trinajstić information content (AvgIpc) is 0.846. The molecule has 32 nitrogen and oxygen atoms in total. The molecule has 0 saturated carbocycles. The molecule has 5 aromatic heterocycles. The van der Waals surface area contributed by atoms with Crippen LogP contribution in [-0.4, -0.2) is 125 Å². The van der Waals surface area contributed by atoms with E-state index in [0.717, 1.165) is 62.9 Å². The molecule has 0 aliphatic carbocycles. The molecule has 0 aliphatic rings. The number of nitrogens with one attached hydrogen (secondary N) is 7. The number of benzene rings is 11. The normalized spacial score (nSPS) is 10.1. The number of nitrogens with two attached hydrogens (primary N) is 1. The van der Waals surface area contributed by atoms with E-state index in [1.165, 1.54) is 77.3 Å². The maximum atomic E-state index is 12.3. The Morgan fingerprint density at radius 1 is 0.282 bits per heavy atom. The molecule has 0 unspecified atom stereocenters. The highest BCUT2D eigenvalue weighted by molar-refractivity contribution is 6.33. The van der Waals surface area contributed by atoms with Crippen molar-refractivity contribution in [3.8, 4) is 34.5 Å². The smallest absolute Gasteiger partial charge is 0.337 e. The summed E-state index contributed by atoms with van der Waals surface area (Å²) in [5.41, 5.74) is 13.4. The molecule has 1 amide bonds. The summed E-state index contributed by atoms with van der Waals surface area (Å²) in [6.45, 7) is 0. The number of nitrogen functional groups attached to an aromatic ring is 1. The van der Waals surface area contributed by atoms with Gasteiger partial charge in [0, 0.05) is 88.4 Å². The van der Waals surface area contributed by atoms with Crippen LogP contribution >= 0.6 is 34.8 Å². The molecule has 0 bridgehead atoms. The van der Waals surface area contributed by atoms with Gasteiger partial charge in [0.2, 0.25) is 0 Å². The van der Waals surface area contributed by atoms with Gasteiger partial charge >= 0.3 is 23.9 Å². The molecule has 0 fully saturated rings. The molecule has 11 aromatic carbocycles. The minimum absolute atomic E-state index is 0.199. The van der Waals surface area contributed by atoms with Crippen LogP contribution in [0.3, 0.4) is 0 Å². The van der Waals surface area contributed by atoms with Crippen molar-refractivity contribution >= 4 is 151 Å². The van der Waals surface area contributed by atoms with Gasteiger partial charge in [0.1, 0.15) is 122 Å². The van der Waals surface area contributed by atoms with Crippen LogP contribution in [0.25, 0.3) is 0 Å². The lowest BCUT2D eigenvalue weighted by Crippen LogP contribution is -2.25. The lowest BCUT2D eigenvalue weighted by atomic mass is 10.2. The Hall–Kier alpha value is -17.2. The molecule has 16 aromatic rings. The topological polar surface area (TPSA) is 413 Å². The maximum absolute atomic E-state index is 12.3. The maximum Gasteiger partial charge on any atom is 0.337 e. The van der Waals surface area contributed by atoms with Crippen molar-refractivity contribution in [3.63, 3.8) is 0 Å². The van der Waals surface area contributed by atoms with Gasteiger partial charge in [-0.15, -0.1) is 0 Å². The molecule has 10 N–H and O–H groups in total. The molecule has 35 heteroatoms. The third-order valence-electron chi connectivity index (χ3n) is 17.3. The number of halogens is 3.